The Labute approximate surface area is 172 Å². The lowest BCUT2D eigenvalue weighted by molar-refractivity contribution is 0.102. The lowest BCUT2D eigenvalue weighted by Crippen LogP contribution is -2.26. The minimum atomic E-state index is -0.238. The van der Waals surface area contributed by atoms with Gasteiger partial charge >= 0.3 is 6.03 Å². The first-order valence-electron chi connectivity index (χ1n) is 8.97. The maximum atomic E-state index is 13.3. The molecule has 0 fully saturated rings. The van der Waals surface area contributed by atoms with Gasteiger partial charge in [0.2, 0.25) is 5.78 Å². The Morgan fingerprint density at radius 2 is 2.10 bits per heavy atom. The highest BCUT2D eigenvalue weighted by atomic mass is 32.2. The number of methoxy groups -OCH3 is 1. The number of aromatic nitrogens is 2. The molecule has 1 aliphatic heterocycles. The number of fused-ring (bicyclic) bond motifs is 1. The maximum absolute atomic E-state index is 13.3. The first kappa shape index (κ1) is 19.1. The van der Waals surface area contributed by atoms with Crippen LogP contribution in [0.25, 0.3) is 10.9 Å². The number of hydrogen-bond acceptors (Lipinski definition) is 6. The van der Waals surface area contributed by atoms with Crippen molar-refractivity contribution in [1.82, 2.24) is 19.8 Å². The SMILES string of the molecule is COc1ccc2c(C(=O)C3=CSC(c4cccnc4)N3)cn(C(=O)N(C)C)c2c1. The van der Waals surface area contributed by atoms with Crippen molar-refractivity contribution in [3.05, 3.63) is 71.2 Å². The van der Waals surface area contributed by atoms with Crippen LogP contribution in [0.4, 0.5) is 4.79 Å². The number of carbonyl (C=O) groups is 2. The number of benzene rings is 1. The third-order valence-electron chi connectivity index (χ3n) is 4.69. The molecule has 3 heterocycles. The van der Waals surface area contributed by atoms with Crippen molar-refractivity contribution in [1.29, 1.82) is 0 Å². The molecule has 1 amide bonds. The van der Waals surface area contributed by atoms with E-state index in [1.54, 1.807) is 51.9 Å². The molecule has 8 heteroatoms. The monoisotopic (exact) mass is 408 g/mol. The van der Waals surface area contributed by atoms with E-state index >= 15 is 0 Å². The number of pyridine rings is 1. The summed E-state index contributed by atoms with van der Waals surface area (Å²) in [6, 6.07) is 8.95. The molecular formula is C21H20N4O3S. The van der Waals surface area contributed by atoms with Crippen LogP contribution in [0, 0.1) is 0 Å². The highest BCUT2D eigenvalue weighted by molar-refractivity contribution is 8.02. The molecule has 1 N–H and O–H groups in total. The number of rotatable bonds is 4. The number of hydrogen-bond donors (Lipinski definition) is 1. The zero-order valence-electron chi connectivity index (χ0n) is 16.2. The Morgan fingerprint density at radius 1 is 1.28 bits per heavy atom. The molecule has 1 aromatic carbocycles. The fraction of sp³-hybridized carbons (Fsp3) is 0.190. The van der Waals surface area contributed by atoms with Gasteiger partial charge < -0.3 is 15.0 Å². The minimum absolute atomic E-state index is 0.0699. The summed E-state index contributed by atoms with van der Waals surface area (Å²) >= 11 is 1.52. The summed E-state index contributed by atoms with van der Waals surface area (Å²) in [5, 5.41) is 5.71. The highest BCUT2D eigenvalue weighted by Gasteiger charge is 2.27. The van der Waals surface area contributed by atoms with E-state index in [1.807, 2.05) is 23.6 Å². The zero-order valence-corrected chi connectivity index (χ0v) is 17.1. The summed E-state index contributed by atoms with van der Waals surface area (Å²) in [5.74, 6) is 0.456. The highest BCUT2D eigenvalue weighted by Crippen LogP contribution is 2.36. The Kier molecular flexibility index (Phi) is 5.02. The number of allylic oxidation sites excluding steroid dienone is 1. The Balaban J connectivity index is 1.70. The molecule has 4 rings (SSSR count). The van der Waals surface area contributed by atoms with Crippen molar-refractivity contribution in [3.8, 4) is 5.75 Å². The molecule has 3 aromatic rings. The molecule has 29 heavy (non-hydrogen) atoms. The van der Waals surface area contributed by atoms with Gasteiger partial charge in [0.15, 0.2) is 0 Å². The standard InChI is InChI=1S/C21H20N4O3S/c1-24(2)21(27)25-11-16(15-7-6-14(28-3)9-18(15)25)19(26)17-12-29-20(23-17)13-5-4-8-22-10-13/h4-12,20,23H,1-3H3. The van der Waals surface area contributed by atoms with Gasteiger partial charge in [-0.2, -0.15) is 0 Å². The molecular weight excluding hydrogens is 388 g/mol. The molecule has 148 valence electrons. The third kappa shape index (κ3) is 3.47. The fourth-order valence-corrected chi connectivity index (χ4v) is 4.13. The Bertz CT molecular complexity index is 1120. The lowest BCUT2D eigenvalue weighted by atomic mass is 10.1. The first-order chi connectivity index (χ1) is 14.0. The summed E-state index contributed by atoms with van der Waals surface area (Å²) in [6.45, 7) is 0. The second kappa shape index (κ2) is 7.63. The first-order valence-corrected chi connectivity index (χ1v) is 9.91. The van der Waals surface area contributed by atoms with Crippen LogP contribution in [0.1, 0.15) is 21.3 Å². The van der Waals surface area contributed by atoms with E-state index in [-0.39, 0.29) is 17.2 Å². The molecule has 0 saturated heterocycles. The molecule has 1 unspecified atom stereocenters. The number of Topliss-reactive ketones (excluding diaryl/α,β-unsaturated/α-hetero) is 1. The van der Waals surface area contributed by atoms with Crippen molar-refractivity contribution in [2.24, 2.45) is 0 Å². The lowest BCUT2D eigenvalue weighted by Gasteiger charge is -2.12. The fourth-order valence-electron chi connectivity index (χ4n) is 3.19. The summed E-state index contributed by atoms with van der Waals surface area (Å²) < 4.78 is 6.77. The molecule has 0 spiro atoms. The molecule has 0 saturated carbocycles. The minimum Gasteiger partial charge on any atom is -0.497 e. The van der Waals surface area contributed by atoms with E-state index in [0.717, 1.165) is 5.56 Å². The molecule has 0 radical (unpaired) electrons. The summed E-state index contributed by atoms with van der Waals surface area (Å²) in [7, 11) is 4.91. The second-order valence-corrected chi connectivity index (χ2v) is 7.76. The number of thioether (sulfide) groups is 1. The number of carbonyl (C=O) groups excluding carboxylic acids is 2. The van der Waals surface area contributed by atoms with Crippen LogP contribution in [-0.2, 0) is 0 Å². The van der Waals surface area contributed by atoms with Crippen LogP contribution in [0.15, 0.2) is 60.0 Å². The van der Waals surface area contributed by atoms with Crippen molar-refractivity contribution >= 4 is 34.5 Å². The number of ketones is 1. The largest absolute Gasteiger partial charge is 0.497 e. The molecule has 1 atom stereocenters. The van der Waals surface area contributed by atoms with Crippen LogP contribution < -0.4 is 10.1 Å². The van der Waals surface area contributed by atoms with Crippen LogP contribution >= 0.6 is 11.8 Å². The van der Waals surface area contributed by atoms with E-state index in [4.69, 9.17) is 4.74 Å². The molecule has 7 nitrogen and oxygen atoms in total. The van der Waals surface area contributed by atoms with Crippen LogP contribution in [0.3, 0.4) is 0 Å². The molecule has 0 bridgehead atoms. The van der Waals surface area contributed by atoms with E-state index in [1.165, 1.54) is 21.2 Å². The average Bonchev–Trinajstić information content (AvgIpc) is 3.38. The van der Waals surface area contributed by atoms with E-state index in [0.29, 0.717) is 27.9 Å². The number of amides is 1. The van der Waals surface area contributed by atoms with Crippen molar-refractivity contribution in [2.45, 2.75) is 5.37 Å². The average molecular weight is 408 g/mol. The van der Waals surface area contributed by atoms with Gasteiger partial charge in [0, 0.05) is 55.1 Å². The number of nitrogens with one attached hydrogen (secondary N) is 1. The van der Waals surface area contributed by atoms with Gasteiger partial charge in [0.25, 0.3) is 0 Å². The van der Waals surface area contributed by atoms with Crippen molar-refractivity contribution in [3.63, 3.8) is 0 Å². The van der Waals surface area contributed by atoms with Crippen LogP contribution in [0.5, 0.6) is 5.75 Å². The van der Waals surface area contributed by atoms with E-state index in [9.17, 15) is 9.59 Å². The van der Waals surface area contributed by atoms with Gasteiger partial charge in [0.1, 0.15) is 11.1 Å². The van der Waals surface area contributed by atoms with Crippen LogP contribution in [-0.4, -0.2) is 47.5 Å². The summed E-state index contributed by atoms with van der Waals surface area (Å²) in [6.07, 6.45) is 5.09. The number of nitrogens with zero attached hydrogens (tertiary/aromatic N) is 3. The quantitative estimate of drug-likeness (QED) is 0.665. The van der Waals surface area contributed by atoms with Gasteiger partial charge in [-0.25, -0.2) is 4.79 Å². The Hall–Kier alpha value is -3.26. The van der Waals surface area contributed by atoms with Crippen molar-refractivity contribution in [2.75, 3.05) is 21.2 Å². The van der Waals surface area contributed by atoms with Crippen LogP contribution in [0.2, 0.25) is 0 Å². The predicted molar refractivity (Wildman–Crippen MR) is 113 cm³/mol. The van der Waals surface area contributed by atoms with Crippen molar-refractivity contribution < 1.29 is 14.3 Å². The maximum Gasteiger partial charge on any atom is 0.328 e. The predicted octanol–water partition coefficient (Wildman–Crippen LogP) is 3.63. The van der Waals surface area contributed by atoms with E-state index < -0.39 is 0 Å². The molecule has 1 aliphatic rings. The topological polar surface area (TPSA) is 76.5 Å². The Morgan fingerprint density at radius 3 is 2.79 bits per heavy atom. The van der Waals surface area contributed by atoms with Gasteiger partial charge in [0.05, 0.1) is 23.9 Å². The molecule has 0 aliphatic carbocycles. The zero-order chi connectivity index (χ0) is 20.5. The van der Waals surface area contributed by atoms with Gasteiger partial charge in [-0.1, -0.05) is 6.07 Å². The molecule has 2 aromatic heterocycles. The van der Waals surface area contributed by atoms with E-state index in [2.05, 4.69) is 10.3 Å². The van der Waals surface area contributed by atoms with Gasteiger partial charge in [-0.3, -0.25) is 14.3 Å². The second-order valence-electron chi connectivity index (χ2n) is 6.78. The normalized spacial score (nSPS) is 15.7. The smallest absolute Gasteiger partial charge is 0.328 e. The van der Waals surface area contributed by atoms with Gasteiger partial charge in [-0.15, -0.1) is 11.8 Å². The number of ether oxygens (including phenoxy) is 1. The summed E-state index contributed by atoms with van der Waals surface area (Å²) in [4.78, 5) is 31.5. The summed E-state index contributed by atoms with van der Waals surface area (Å²) in [5.41, 5.74) is 2.58. The third-order valence-corrected chi connectivity index (χ3v) is 5.72. The van der Waals surface area contributed by atoms with Gasteiger partial charge in [-0.05, 0) is 18.2 Å².